The molecule has 0 radical (unpaired) electrons. The van der Waals surface area contributed by atoms with E-state index in [1.165, 1.54) is 50.8 Å². The number of hydrogen-bond donors (Lipinski definition) is 3. The molecule has 3 atom stereocenters. The van der Waals surface area contributed by atoms with Crippen molar-refractivity contribution in [3.8, 4) is 0 Å². The van der Waals surface area contributed by atoms with Gasteiger partial charge in [0.25, 0.3) is 0 Å². The highest BCUT2D eigenvalue weighted by atomic mass is 16.2. The van der Waals surface area contributed by atoms with Crippen LogP contribution < -0.4 is 16.2 Å². The number of rotatable bonds is 4. The summed E-state index contributed by atoms with van der Waals surface area (Å²) < 4.78 is 0. The van der Waals surface area contributed by atoms with Crippen molar-refractivity contribution in [3.05, 3.63) is 29.8 Å². The van der Waals surface area contributed by atoms with Gasteiger partial charge in [-0.2, -0.15) is 0 Å². The summed E-state index contributed by atoms with van der Waals surface area (Å²) in [7, 11) is 0. The summed E-state index contributed by atoms with van der Waals surface area (Å²) in [5, 5.41) is 3.08. The topological polar surface area (TPSA) is 56.4 Å². The van der Waals surface area contributed by atoms with Crippen LogP contribution in [0.25, 0.3) is 0 Å². The molecule has 3 fully saturated rings. The lowest BCUT2D eigenvalue weighted by molar-refractivity contribution is -0.118. The van der Waals surface area contributed by atoms with Crippen molar-refractivity contribution >= 4 is 11.6 Å². The van der Waals surface area contributed by atoms with Gasteiger partial charge in [-0.25, -0.2) is 5.43 Å². The maximum Gasteiger partial charge on any atom is 0.243 e. The minimum absolute atomic E-state index is 0.0872. The number of carbonyl (C=O) groups is 1. The molecule has 1 amide bonds. The van der Waals surface area contributed by atoms with E-state index in [9.17, 15) is 4.79 Å². The Bertz CT molecular complexity index is 567. The Hall–Kier alpha value is -1.43. The maximum atomic E-state index is 12.6. The van der Waals surface area contributed by atoms with E-state index in [1.807, 2.05) is 12.1 Å². The van der Waals surface area contributed by atoms with Crippen LogP contribution in [-0.4, -0.2) is 36.0 Å². The highest BCUT2D eigenvalue weighted by Gasteiger charge is 2.40. The number of hydrogen-bond acceptors (Lipinski definition) is 4. The van der Waals surface area contributed by atoms with Crippen molar-refractivity contribution < 1.29 is 4.79 Å². The van der Waals surface area contributed by atoms with Gasteiger partial charge in [-0.15, -0.1) is 0 Å². The van der Waals surface area contributed by atoms with Gasteiger partial charge in [0.05, 0.1) is 0 Å². The second-order valence-electron chi connectivity index (χ2n) is 7.49. The summed E-state index contributed by atoms with van der Waals surface area (Å²) in [5.41, 5.74) is 8.73. The molecule has 130 valence electrons. The number of carbonyl (C=O) groups excluding carboxylic acids is 1. The zero-order valence-electron chi connectivity index (χ0n) is 14.3. The molecule has 3 aliphatic rings. The first-order valence-corrected chi connectivity index (χ1v) is 9.43. The van der Waals surface area contributed by atoms with Gasteiger partial charge in [0.1, 0.15) is 6.04 Å². The molecule has 5 heteroatoms. The highest BCUT2D eigenvalue weighted by molar-refractivity contribution is 5.95. The van der Waals surface area contributed by atoms with E-state index >= 15 is 0 Å². The molecule has 2 saturated heterocycles. The molecule has 2 aliphatic heterocycles. The predicted molar refractivity (Wildman–Crippen MR) is 95.4 cm³/mol. The summed E-state index contributed by atoms with van der Waals surface area (Å²) in [5.74, 6) is 0.511. The average Bonchev–Trinajstić information content (AvgIpc) is 3.26. The highest BCUT2D eigenvalue weighted by Crippen LogP contribution is 2.30. The van der Waals surface area contributed by atoms with Crippen LogP contribution in [-0.2, 0) is 11.3 Å². The summed E-state index contributed by atoms with van der Waals surface area (Å²) >= 11 is 0. The molecular weight excluding hydrogens is 300 g/mol. The van der Waals surface area contributed by atoms with Crippen molar-refractivity contribution in [1.29, 1.82) is 0 Å². The quantitative estimate of drug-likeness (QED) is 0.793. The lowest BCUT2D eigenvalue weighted by Gasteiger charge is -2.26. The van der Waals surface area contributed by atoms with Gasteiger partial charge in [0, 0.05) is 24.2 Å². The lowest BCUT2D eigenvalue weighted by Crippen LogP contribution is -2.42. The number of nitrogens with one attached hydrogen (secondary N) is 3. The van der Waals surface area contributed by atoms with Crippen LogP contribution in [0, 0.1) is 5.92 Å². The Morgan fingerprint density at radius 2 is 1.79 bits per heavy atom. The van der Waals surface area contributed by atoms with Crippen LogP contribution in [0.4, 0.5) is 5.69 Å². The first kappa shape index (κ1) is 16.1. The number of fused-ring (bicyclic) bond motifs is 1. The Balaban J connectivity index is 1.33. The third-order valence-corrected chi connectivity index (χ3v) is 5.78. The fourth-order valence-corrected chi connectivity index (χ4v) is 4.41. The number of anilines is 1. The lowest BCUT2D eigenvalue weighted by atomic mass is 9.81. The van der Waals surface area contributed by atoms with E-state index in [2.05, 4.69) is 33.2 Å². The molecule has 1 saturated carbocycles. The molecular formula is C19H28N4O. The second kappa shape index (κ2) is 7.21. The maximum absolute atomic E-state index is 12.6. The summed E-state index contributed by atoms with van der Waals surface area (Å²) in [6.45, 7) is 3.44. The predicted octanol–water partition coefficient (Wildman–Crippen LogP) is 2.26. The van der Waals surface area contributed by atoms with Gasteiger partial charge in [0.15, 0.2) is 0 Å². The molecule has 4 rings (SSSR count). The Morgan fingerprint density at radius 3 is 2.58 bits per heavy atom. The van der Waals surface area contributed by atoms with Gasteiger partial charge in [-0.1, -0.05) is 25.0 Å². The third-order valence-electron chi connectivity index (χ3n) is 5.78. The van der Waals surface area contributed by atoms with Gasteiger partial charge >= 0.3 is 0 Å². The van der Waals surface area contributed by atoms with E-state index in [1.54, 1.807) is 0 Å². The van der Waals surface area contributed by atoms with Gasteiger partial charge in [0.2, 0.25) is 5.91 Å². The van der Waals surface area contributed by atoms with E-state index in [4.69, 9.17) is 0 Å². The van der Waals surface area contributed by atoms with Gasteiger partial charge in [-0.3, -0.25) is 15.1 Å². The van der Waals surface area contributed by atoms with Crippen LogP contribution in [0.2, 0.25) is 0 Å². The zero-order valence-corrected chi connectivity index (χ0v) is 14.3. The minimum Gasteiger partial charge on any atom is -0.325 e. The summed E-state index contributed by atoms with van der Waals surface area (Å²) in [6.07, 6.45) is 7.45. The van der Waals surface area contributed by atoms with Gasteiger partial charge in [-0.05, 0) is 56.5 Å². The van der Waals surface area contributed by atoms with E-state index < -0.39 is 0 Å². The second-order valence-corrected chi connectivity index (χ2v) is 7.49. The molecule has 3 unspecified atom stereocenters. The average molecular weight is 328 g/mol. The van der Waals surface area contributed by atoms with Crippen molar-refractivity contribution in [2.45, 2.75) is 57.2 Å². The largest absolute Gasteiger partial charge is 0.325 e. The Morgan fingerprint density at radius 1 is 1.04 bits per heavy atom. The number of likely N-dealkylation sites (tertiary alicyclic amines) is 1. The van der Waals surface area contributed by atoms with E-state index in [0.29, 0.717) is 12.0 Å². The fraction of sp³-hybridized carbons (Fsp3) is 0.632. The number of nitrogens with zero attached hydrogens (tertiary/aromatic N) is 1. The molecule has 1 aromatic carbocycles. The van der Waals surface area contributed by atoms with Gasteiger partial charge < -0.3 is 5.32 Å². The molecule has 5 nitrogen and oxygen atoms in total. The van der Waals surface area contributed by atoms with Crippen LogP contribution >= 0.6 is 0 Å². The first-order chi connectivity index (χ1) is 11.8. The molecule has 0 bridgehead atoms. The van der Waals surface area contributed by atoms with E-state index in [-0.39, 0.29) is 11.9 Å². The molecule has 24 heavy (non-hydrogen) atoms. The number of hydrazine groups is 1. The van der Waals surface area contributed by atoms with Crippen molar-refractivity contribution in [3.63, 3.8) is 0 Å². The van der Waals surface area contributed by atoms with Crippen molar-refractivity contribution in [2.24, 2.45) is 5.92 Å². The van der Waals surface area contributed by atoms with Crippen LogP contribution in [0.1, 0.15) is 44.1 Å². The molecule has 1 aliphatic carbocycles. The van der Waals surface area contributed by atoms with Crippen molar-refractivity contribution in [2.75, 3.05) is 18.4 Å². The Kier molecular flexibility index (Phi) is 4.83. The normalized spacial score (nSPS) is 30.2. The first-order valence-electron chi connectivity index (χ1n) is 9.43. The van der Waals surface area contributed by atoms with Crippen LogP contribution in [0.5, 0.6) is 0 Å². The van der Waals surface area contributed by atoms with Crippen LogP contribution in [0.15, 0.2) is 24.3 Å². The minimum atomic E-state index is -0.112. The molecule has 2 heterocycles. The standard InChI is InChI=1S/C19H28N4O/c24-19(18-16-5-1-2-6-17(16)21-22-18)20-15-9-7-14(8-10-15)13-23-11-3-4-12-23/h7-10,16-18,21-22H,1-6,11-13H2,(H,20,24). The summed E-state index contributed by atoms with van der Waals surface area (Å²) in [6, 6.07) is 8.68. The van der Waals surface area contributed by atoms with Crippen molar-refractivity contribution in [1.82, 2.24) is 15.8 Å². The zero-order chi connectivity index (χ0) is 16.4. The number of benzene rings is 1. The third kappa shape index (κ3) is 3.48. The smallest absolute Gasteiger partial charge is 0.243 e. The Labute approximate surface area is 144 Å². The molecule has 0 spiro atoms. The molecule has 1 aromatic rings. The van der Waals surface area contributed by atoms with E-state index in [0.717, 1.165) is 18.7 Å². The van der Waals surface area contributed by atoms with Crippen LogP contribution in [0.3, 0.4) is 0 Å². The molecule has 3 N–H and O–H groups in total. The molecule has 0 aromatic heterocycles. The SMILES string of the molecule is O=C(Nc1ccc(CN2CCCC2)cc1)C1NNC2CCCCC21. The monoisotopic (exact) mass is 328 g/mol. The fourth-order valence-electron chi connectivity index (χ4n) is 4.41. The summed E-state index contributed by atoms with van der Waals surface area (Å²) in [4.78, 5) is 15.1. The number of amides is 1.